The molecule has 3 aromatic heterocycles. The van der Waals surface area contributed by atoms with E-state index in [0.29, 0.717) is 54.8 Å². The number of nitrogens with one attached hydrogen (secondary N) is 1. The Kier molecular flexibility index (Phi) is 5.62. The Bertz CT molecular complexity index is 1530. The Labute approximate surface area is 210 Å². The number of nitrogens with zero attached hydrogens (tertiary/aromatic N) is 5. The first-order chi connectivity index (χ1) is 17.9. The van der Waals surface area contributed by atoms with Crippen LogP contribution in [-0.2, 0) is 13.0 Å². The molecule has 37 heavy (non-hydrogen) atoms. The van der Waals surface area contributed by atoms with Gasteiger partial charge in [-0.2, -0.15) is 5.10 Å². The first-order valence-corrected chi connectivity index (χ1v) is 12.2. The summed E-state index contributed by atoms with van der Waals surface area (Å²) in [7, 11) is 0. The van der Waals surface area contributed by atoms with E-state index in [4.69, 9.17) is 0 Å². The third-order valence-electron chi connectivity index (χ3n) is 7.21. The van der Waals surface area contributed by atoms with Crippen molar-refractivity contribution in [1.29, 1.82) is 0 Å². The van der Waals surface area contributed by atoms with Crippen molar-refractivity contribution in [3.8, 4) is 0 Å². The number of halogens is 2. The van der Waals surface area contributed by atoms with Gasteiger partial charge in [0.2, 0.25) is 0 Å². The van der Waals surface area contributed by atoms with Crippen molar-refractivity contribution in [1.82, 2.24) is 24.5 Å². The maximum absolute atomic E-state index is 14.5. The summed E-state index contributed by atoms with van der Waals surface area (Å²) in [5, 5.41) is 16.5. The number of carboxylic acids is 1. The fourth-order valence-corrected chi connectivity index (χ4v) is 5.41. The molecule has 0 bridgehead atoms. The number of carbonyl (C=O) groups excluding carboxylic acids is 1. The van der Waals surface area contributed by atoms with E-state index in [1.807, 2.05) is 21.6 Å². The average Bonchev–Trinajstić information content (AvgIpc) is 3.62. The van der Waals surface area contributed by atoms with Crippen LogP contribution >= 0.6 is 0 Å². The summed E-state index contributed by atoms with van der Waals surface area (Å²) in [5.74, 6) is -1.65. The number of carbonyl (C=O) groups is 2. The van der Waals surface area contributed by atoms with Crippen molar-refractivity contribution in [3.63, 3.8) is 0 Å². The topological polar surface area (TPSA) is 105 Å². The van der Waals surface area contributed by atoms with Crippen molar-refractivity contribution in [3.05, 3.63) is 83.2 Å². The van der Waals surface area contributed by atoms with E-state index in [2.05, 4.69) is 15.4 Å². The van der Waals surface area contributed by atoms with Crippen LogP contribution in [0.3, 0.4) is 0 Å². The molecule has 1 aromatic carbocycles. The smallest absolute Gasteiger partial charge is 0.356 e. The number of fused-ring (bicyclic) bond motifs is 2. The Morgan fingerprint density at radius 1 is 1.11 bits per heavy atom. The predicted molar refractivity (Wildman–Crippen MR) is 130 cm³/mol. The van der Waals surface area contributed by atoms with Crippen LogP contribution in [0.4, 0.5) is 14.5 Å². The second-order valence-corrected chi connectivity index (χ2v) is 9.49. The molecule has 9 nitrogen and oxygen atoms in total. The van der Waals surface area contributed by atoms with Gasteiger partial charge in [-0.3, -0.25) is 4.79 Å². The van der Waals surface area contributed by atoms with Crippen LogP contribution in [0, 0.1) is 11.6 Å². The Hall–Kier alpha value is -4.28. The minimum absolute atomic E-state index is 0.00419. The van der Waals surface area contributed by atoms with Gasteiger partial charge in [0.05, 0.1) is 23.3 Å². The van der Waals surface area contributed by atoms with Crippen LogP contribution in [0.5, 0.6) is 0 Å². The molecule has 1 saturated heterocycles. The number of carboxylic acid groups (broad SMARTS) is 1. The average molecular weight is 507 g/mol. The van der Waals surface area contributed by atoms with Crippen LogP contribution in [-0.4, -0.2) is 48.7 Å². The van der Waals surface area contributed by atoms with Crippen molar-refractivity contribution in [2.45, 2.75) is 44.3 Å². The molecule has 5 heterocycles. The molecule has 2 aliphatic rings. The van der Waals surface area contributed by atoms with E-state index in [9.17, 15) is 23.5 Å². The number of benzene rings is 1. The number of hydrogen-bond acceptors (Lipinski definition) is 5. The summed E-state index contributed by atoms with van der Waals surface area (Å²) in [4.78, 5) is 30.6. The molecule has 0 saturated carbocycles. The van der Waals surface area contributed by atoms with Crippen LogP contribution in [0.25, 0.3) is 5.52 Å². The largest absolute Gasteiger partial charge is 0.476 e. The number of aryl methyl sites for hydroxylation is 1. The molecule has 1 amide bonds. The summed E-state index contributed by atoms with van der Waals surface area (Å²) in [6.45, 7) is 1.24. The second-order valence-electron chi connectivity index (χ2n) is 9.49. The zero-order valence-corrected chi connectivity index (χ0v) is 19.8. The molecular weight excluding hydrogens is 482 g/mol. The SMILES string of the molecule is O=C(O)c1cn2c(n1)CC(NC(=O)c1cnn3ccc(N4CCCC4c4cc(F)ccc4F)cc13)CC2. The fourth-order valence-electron chi connectivity index (χ4n) is 5.41. The van der Waals surface area contributed by atoms with E-state index >= 15 is 0 Å². The number of hydrogen-bond donors (Lipinski definition) is 2. The summed E-state index contributed by atoms with van der Waals surface area (Å²) in [5.41, 5.74) is 2.12. The summed E-state index contributed by atoms with van der Waals surface area (Å²) in [6, 6.07) is 6.74. The lowest BCUT2D eigenvalue weighted by molar-refractivity contribution is 0.0690. The quantitative estimate of drug-likeness (QED) is 0.429. The number of amides is 1. The highest BCUT2D eigenvalue weighted by Crippen LogP contribution is 2.38. The van der Waals surface area contributed by atoms with Gasteiger partial charge < -0.3 is 19.9 Å². The molecule has 1 fully saturated rings. The number of aromatic nitrogens is 4. The van der Waals surface area contributed by atoms with E-state index in [1.165, 1.54) is 18.5 Å². The molecule has 11 heteroatoms. The Balaban J connectivity index is 1.24. The lowest BCUT2D eigenvalue weighted by Crippen LogP contribution is -2.40. The van der Waals surface area contributed by atoms with Crippen molar-refractivity contribution in [2.75, 3.05) is 11.4 Å². The minimum atomic E-state index is -1.08. The molecule has 2 atom stereocenters. The van der Waals surface area contributed by atoms with Gasteiger partial charge in [0, 0.05) is 49.2 Å². The molecular formula is C26H24F2N6O3. The van der Waals surface area contributed by atoms with E-state index in [-0.39, 0.29) is 23.7 Å². The van der Waals surface area contributed by atoms with Crippen LogP contribution in [0.2, 0.25) is 0 Å². The molecule has 0 aliphatic carbocycles. The summed E-state index contributed by atoms with van der Waals surface area (Å²) in [6.07, 6.45) is 7.38. The van der Waals surface area contributed by atoms with E-state index in [0.717, 1.165) is 24.2 Å². The van der Waals surface area contributed by atoms with Gasteiger partial charge in [-0.05, 0) is 49.6 Å². The molecule has 4 aromatic rings. The number of rotatable bonds is 5. The number of aromatic carboxylic acids is 1. The summed E-state index contributed by atoms with van der Waals surface area (Å²) < 4.78 is 31.8. The highest BCUT2D eigenvalue weighted by atomic mass is 19.1. The molecule has 2 N–H and O–H groups in total. The maximum atomic E-state index is 14.5. The normalized spacial score (nSPS) is 19.2. The molecule has 190 valence electrons. The molecule has 0 radical (unpaired) electrons. The first kappa shape index (κ1) is 23.1. The lowest BCUT2D eigenvalue weighted by atomic mass is 10.0. The van der Waals surface area contributed by atoms with Crippen molar-refractivity contribution < 1.29 is 23.5 Å². The van der Waals surface area contributed by atoms with Crippen molar-refractivity contribution in [2.24, 2.45) is 0 Å². The number of pyridine rings is 1. The lowest BCUT2D eigenvalue weighted by Gasteiger charge is -2.27. The van der Waals surface area contributed by atoms with Crippen LogP contribution in [0.15, 0.2) is 48.9 Å². The maximum Gasteiger partial charge on any atom is 0.356 e. The van der Waals surface area contributed by atoms with Gasteiger partial charge in [0.25, 0.3) is 5.91 Å². The van der Waals surface area contributed by atoms with Gasteiger partial charge in [-0.25, -0.2) is 23.1 Å². The Morgan fingerprint density at radius 2 is 1.97 bits per heavy atom. The van der Waals surface area contributed by atoms with Gasteiger partial charge in [-0.1, -0.05) is 0 Å². The monoisotopic (exact) mass is 506 g/mol. The summed E-state index contributed by atoms with van der Waals surface area (Å²) >= 11 is 0. The van der Waals surface area contributed by atoms with Crippen LogP contribution in [0.1, 0.15) is 57.5 Å². The second kappa shape index (κ2) is 8.99. The highest BCUT2D eigenvalue weighted by molar-refractivity contribution is 6.01. The van der Waals surface area contributed by atoms with Crippen LogP contribution < -0.4 is 10.2 Å². The highest BCUT2D eigenvalue weighted by Gasteiger charge is 2.30. The van der Waals surface area contributed by atoms with E-state index in [1.54, 1.807) is 10.7 Å². The van der Waals surface area contributed by atoms with E-state index < -0.39 is 17.6 Å². The third kappa shape index (κ3) is 4.20. The molecule has 2 unspecified atom stereocenters. The minimum Gasteiger partial charge on any atom is -0.476 e. The third-order valence-corrected chi connectivity index (χ3v) is 7.21. The zero-order chi connectivity index (χ0) is 25.7. The zero-order valence-electron chi connectivity index (χ0n) is 19.8. The number of imidazole rings is 1. The number of anilines is 1. The first-order valence-electron chi connectivity index (χ1n) is 12.2. The molecule has 6 rings (SSSR count). The van der Waals surface area contributed by atoms with Gasteiger partial charge in [0.1, 0.15) is 17.5 Å². The molecule has 0 spiro atoms. The van der Waals surface area contributed by atoms with Crippen molar-refractivity contribution >= 4 is 23.1 Å². The van der Waals surface area contributed by atoms with Gasteiger partial charge >= 0.3 is 5.97 Å². The fraction of sp³-hybridized carbons (Fsp3) is 0.308. The molecule has 2 aliphatic heterocycles. The predicted octanol–water partition coefficient (Wildman–Crippen LogP) is 3.59. The Morgan fingerprint density at radius 3 is 2.81 bits per heavy atom. The van der Waals surface area contributed by atoms with Gasteiger partial charge in [-0.15, -0.1) is 0 Å². The van der Waals surface area contributed by atoms with Gasteiger partial charge in [0.15, 0.2) is 5.69 Å². The standard InChI is InChI=1S/C26H24F2N6O3/c27-15-3-4-20(28)18(10-15)22-2-1-7-33(22)17-6-9-34-23(12-17)19(13-29-34)25(35)30-16-5-8-32-14-21(26(36)37)31-24(32)11-16/h3-4,6,9-10,12-14,16,22H,1-2,5,7-8,11H2,(H,30,35)(H,36,37).